The van der Waals surface area contributed by atoms with Gasteiger partial charge in [0.2, 0.25) is 5.78 Å². The Kier molecular flexibility index (Phi) is 7.27. The van der Waals surface area contributed by atoms with Crippen molar-refractivity contribution in [1.29, 1.82) is 0 Å². The number of benzene rings is 1. The number of likely N-dealkylation sites (N-methyl/N-ethyl adjacent to an activating group) is 1. The summed E-state index contributed by atoms with van der Waals surface area (Å²) in [5.41, 5.74) is 2.75. The summed E-state index contributed by atoms with van der Waals surface area (Å²) < 4.78 is 0. The molecule has 0 radical (unpaired) electrons. The van der Waals surface area contributed by atoms with Crippen molar-refractivity contribution in [1.82, 2.24) is 9.80 Å². The Bertz CT molecular complexity index is 1360. The summed E-state index contributed by atoms with van der Waals surface area (Å²) in [6.45, 7) is 0.491. The third-order valence-electron chi connectivity index (χ3n) is 9.35. The first-order valence-electron chi connectivity index (χ1n) is 13.7. The molecule has 5 rings (SSSR count). The number of aliphatic hydroxyl groups is 3. The molecule has 0 heterocycles. The number of nitrogens with two attached hydrogens (primary N) is 1. The van der Waals surface area contributed by atoms with Crippen molar-refractivity contribution < 1.29 is 34.8 Å². The molecule has 10 nitrogen and oxygen atoms in total. The fraction of sp³-hybridized carbons (Fsp3) is 0.552. The minimum Gasteiger partial charge on any atom is -0.510 e. The van der Waals surface area contributed by atoms with Crippen molar-refractivity contribution in [2.24, 2.45) is 17.6 Å². The highest BCUT2D eigenvalue weighted by molar-refractivity contribution is 6.33. The van der Waals surface area contributed by atoms with Gasteiger partial charge in [0.05, 0.1) is 11.6 Å². The summed E-state index contributed by atoms with van der Waals surface area (Å²) >= 11 is 6.88. The van der Waals surface area contributed by atoms with E-state index >= 15 is 0 Å². The maximum Gasteiger partial charge on any atom is 0.255 e. The van der Waals surface area contributed by atoms with Crippen LogP contribution in [0.4, 0.5) is 0 Å². The Balaban J connectivity index is 1.59. The summed E-state index contributed by atoms with van der Waals surface area (Å²) in [4.78, 5) is 43.0. The number of aromatic hydroxyl groups is 1. The molecule has 6 N–H and O–H groups in total. The summed E-state index contributed by atoms with van der Waals surface area (Å²) in [7, 11) is 5.21. The van der Waals surface area contributed by atoms with Crippen LogP contribution in [0.5, 0.6) is 5.75 Å². The summed E-state index contributed by atoms with van der Waals surface area (Å²) in [5, 5.41) is 45.3. The minimum atomic E-state index is -2.66. The number of aliphatic hydroxyl groups excluding tert-OH is 2. The molecule has 11 heteroatoms. The Morgan fingerprint density at radius 2 is 1.77 bits per heavy atom. The number of rotatable bonds is 5. The first-order chi connectivity index (χ1) is 18.8. The third kappa shape index (κ3) is 4.15. The number of phenolic OH excluding ortho intramolecular Hbond substituents is 1. The highest BCUT2D eigenvalue weighted by Crippen LogP contribution is 2.53. The van der Waals surface area contributed by atoms with Crippen LogP contribution in [0.1, 0.15) is 60.0 Å². The van der Waals surface area contributed by atoms with E-state index in [2.05, 4.69) is 4.90 Å². The molecular formula is C29H36ClN3O7. The zero-order valence-electron chi connectivity index (χ0n) is 22.9. The quantitative estimate of drug-likeness (QED) is 0.333. The van der Waals surface area contributed by atoms with Gasteiger partial charge in [-0.05, 0) is 69.9 Å². The van der Waals surface area contributed by atoms with E-state index in [1.54, 1.807) is 14.1 Å². The van der Waals surface area contributed by atoms with E-state index < -0.39 is 58.0 Å². The van der Waals surface area contributed by atoms with E-state index in [1.165, 1.54) is 30.2 Å². The van der Waals surface area contributed by atoms with E-state index in [4.69, 9.17) is 17.3 Å². The van der Waals surface area contributed by atoms with Crippen molar-refractivity contribution in [3.8, 4) is 5.75 Å². The van der Waals surface area contributed by atoms with Gasteiger partial charge >= 0.3 is 0 Å². The Morgan fingerprint density at radius 3 is 2.38 bits per heavy atom. The lowest BCUT2D eigenvalue weighted by Crippen LogP contribution is -2.63. The Labute approximate surface area is 237 Å². The molecule has 4 aliphatic rings. The second-order valence-corrected chi connectivity index (χ2v) is 12.3. The summed E-state index contributed by atoms with van der Waals surface area (Å²) in [5.74, 6) is -6.76. The lowest BCUT2D eigenvalue weighted by molar-refractivity contribution is -0.148. The van der Waals surface area contributed by atoms with Crippen molar-refractivity contribution in [3.05, 3.63) is 50.4 Å². The molecule has 0 aromatic heterocycles. The fourth-order valence-electron chi connectivity index (χ4n) is 7.39. The molecule has 1 aromatic carbocycles. The predicted molar refractivity (Wildman–Crippen MR) is 147 cm³/mol. The van der Waals surface area contributed by atoms with Gasteiger partial charge in [-0.2, -0.15) is 0 Å². The number of halogens is 1. The van der Waals surface area contributed by atoms with Crippen LogP contribution < -0.4 is 5.73 Å². The second-order valence-electron chi connectivity index (χ2n) is 11.9. The number of allylic oxidation sites excluding steroid dienone is 1. The second kappa shape index (κ2) is 10.2. The standard InChI is InChI=1S/C29H36ClN3O7/c1-32(2)23-17-10-13-9-16-20(18(34)11-14(22(16)30)12-33(3)15-7-5-4-6-8-15)24(35)19(13)26(37)29(17,40)27(38)21(25(23)36)28(31)39/h11,13,15,17,23,34,36-37,40H,4-10,12H2,1-3H3,(H2,31,39)/t13-,17-,23-,29-/m0/s1. The number of carbonyl (C=O) groups excluding carboxylic acids is 3. The number of carbonyl (C=O) groups is 3. The first kappa shape index (κ1) is 28.6. The average Bonchev–Trinajstić information content (AvgIpc) is 2.89. The van der Waals surface area contributed by atoms with Crippen LogP contribution in [0.2, 0.25) is 5.02 Å². The lowest BCUT2D eigenvalue weighted by Gasteiger charge is -2.50. The minimum absolute atomic E-state index is 0.0229. The third-order valence-corrected chi connectivity index (χ3v) is 9.82. The molecular weight excluding hydrogens is 538 g/mol. The fourth-order valence-corrected chi connectivity index (χ4v) is 7.67. The molecule has 0 saturated heterocycles. The monoisotopic (exact) mass is 573 g/mol. The number of ketones is 2. The molecule has 4 atom stereocenters. The average molecular weight is 574 g/mol. The lowest BCUT2D eigenvalue weighted by atomic mass is 9.58. The normalized spacial score (nSPS) is 29.1. The van der Waals surface area contributed by atoms with Gasteiger partial charge in [-0.3, -0.25) is 24.2 Å². The molecule has 216 valence electrons. The van der Waals surface area contributed by atoms with Crippen molar-refractivity contribution in [2.75, 3.05) is 21.1 Å². The van der Waals surface area contributed by atoms with Gasteiger partial charge in [-0.15, -0.1) is 0 Å². The van der Waals surface area contributed by atoms with Gasteiger partial charge in [0.15, 0.2) is 11.4 Å². The van der Waals surface area contributed by atoms with E-state index in [0.717, 1.165) is 12.8 Å². The first-order valence-corrected chi connectivity index (χ1v) is 14.1. The Hall–Kier alpha value is -2.92. The number of hydrogen-bond acceptors (Lipinski definition) is 9. The molecule has 1 saturated carbocycles. The predicted octanol–water partition coefficient (Wildman–Crippen LogP) is 2.54. The smallest absolute Gasteiger partial charge is 0.255 e. The molecule has 0 bridgehead atoms. The number of amides is 1. The van der Waals surface area contributed by atoms with Gasteiger partial charge in [0.1, 0.15) is 22.8 Å². The van der Waals surface area contributed by atoms with Crippen LogP contribution in [-0.2, 0) is 22.6 Å². The number of Topliss-reactive ketones (excluding diaryl/α,β-unsaturated/α-hetero) is 2. The molecule has 1 aromatic rings. The molecule has 40 heavy (non-hydrogen) atoms. The summed E-state index contributed by atoms with van der Waals surface area (Å²) in [6.07, 6.45) is 5.94. The SMILES string of the molecule is CN(Cc1cc(O)c2c(c1Cl)C[C@H]1C[C@H]3[C@H](N(C)C)C(O)=C(C(N)=O)C(=O)[C@@]3(O)C(O)=C1C2=O)C1CCCCC1. The van der Waals surface area contributed by atoms with E-state index in [9.17, 15) is 34.8 Å². The highest BCUT2D eigenvalue weighted by atomic mass is 35.5. The van der Waals surface area contributed by atoms with Crippen LogP contribution in [0.3, 0.4) is 0 Å². The maximum absolute atomic E-state index is 13.8. The zero-order valence-corrected chi connectivity index (χ0v) is 23.7. The molecule has 1 amide bonds. The van der Waals surface area contributed by atoms with Crippen LogP contribution in [0.15, 0.2) is 28.7 Å². The van der Waals surface area contributed by atoms with E-state index in [-0.39, 0.29) is 29.7 Å². The highest BCUT2D eigenvalue weighted by Gasteiger charge is 2.63. The van der Waals surface area contributed by atoms with Gasteiger partial charge < -0.3 is 26.2 Å². The van der Waals surface area contributed by atoms with Crippen molar-refractivity contribution in [2.45, 2.75) is 69.2 Å². The topological polar surface area (TPSA) is 165 Å². The van der Waals surface area contributed by atoms with Crippen LogP contribution in [0, 0.1) is 11.8 Å². The van der Waals surface area contributed by atoms with E-state index in [0.29, 0.717) is 28.7 Å². The van der Waals surface area contributed by atoms with Gasteiger partial charge in [-0.25, -0.2) is 0 Å². The van der Waals surface area contributed by atoms with Crippen molar-refractivity contribution >= 4 is 29.1 Å². The van der Waals surface area contributed by atoms with Crippen molar-refractivity contribution in [3.63, 3.8) is 0 Å². The Morgan fingerprint density at radius 1 is 1.12 bits per heavy atom. The number of nitrogens with zero attached hydrogens (tertiary/aromatic N) is 2. The van der Waals surface area contributed by atoms with Gasteiger partial charge in [-0.1, -0.05) is 30.9 Å². The maximum atomic E-state index is 13.8. The molecule has 0 unspecified atom stereocenters. The number of hydrogen-bond donors (Lipinski definition) is 5. The van der Waals surface area contributed by atoms with Gasteiger partial charge in [0, 0.05) is 29.1 Å². The number of phenols is 1. The zero-order chi connectivity index (χ0) is 29.3. The van der Waals surface area contributed by atoms with E-state index in [1.807, 2.05) is 7.05 Å². The number of fused-ring (bicyclic) bond motifs is 3. The number of primary amides is 1. The van der Waals surface area contributed by atoms with Gasteiger partial charge in [0.25, 0.3) is 5.91 Å². The largest absolute Gasteiger partial charge is 0.510 e. The molecule has 0 aliphatic heterocycles. The molecule has 1 fully saturated rings. The van der Waals surface area contributed by atoms with Crippen LogP contribution in [0.25, 0.3) is 0 Å². The molecule has 0 spiro atoms. The molecule has 4 aliphatic carbocycles. The van der Waals surface area contributed by atoms with Crippen LogP contribution >= 0.6 is 11.6 Å². The van der Waals surface area contributed by atoms with Crippen LogP contribution in [-0.4, -0.2) is 86.5 Å². The summed E-state index contributed by atoms with van der Waals surface area (Å²) in [6, 6.07) is 0.839.